The number of carbonyl (C=O) groups excluding carboxylic acids is 2. The van der Waals surface area contributed by atoms with Gasteiger partial charge >= 0.3 is 0 Å². The minimum Gasteiger partial charge on any atom is -0.380 e. The normalized spacial score (nSPS) is 15.5. The molecule has 2 heterocycles. The molecule has 0 bridgehead atoms. The molecule has 1 aromatic heterocycles. The standard InChI is InChI=1S/C29H25Cl2N5O3/c30-19-5-3-18(4-6-19)25-34-24-15-20(7-8-21(24)26(35-25)36-12-1-13-36)33-27(37)22-14-17(2-9-23(22)31)16-32-28(38)29(39)10-11-29/h2-9,14-15,39H,1,10-13,16H2,(H,32,38)(H,33,37). The summed E-state index contributed by atoms with van der Waals surface area (Å²) in [5.74, 6) is 0.654. The fourth-order valence-electron chi connectivity index (χ4n) is 4.43. The van der Waals surface area contributed by atoms with Crippen LogP contribution < -0.4 is 15.5 Å². The number of halogens is 2. The van der Waals surface area contributed by atoms with Crippen molar-refractivity contribution in [2.45, 2.75) is 31.4 Å². The van der Waals surface area contributed by atoms with Crippen LogP contribution in [0.3, 0.4) is 0 Å². The third-order valence-corrected chi connectivity index (χ3v) is 7.65. The third-order valence-electron chi connectivity index (χ3n) is 7.07. The Morgan fingerprint density at radius 3 is 2.44 bits per heavy atom. The van der Waals surface area contributed by atoms with Gasteiger partial charge in [0.1, 0.15) is 11.4 Å². The monoisotopic (exact) mass is 561 g/mol. The van der Waals surface area contributed by atoms with Crippen molar-refractivity contribution >= 4 is 57.4 Å². The van der Waals surface area contributed by atoms with Gasteiger partial charge in [0.15, 0.2) is 5.82 Å². The number of carbonyl (C=O) groups is 2. The first kappa shape index (κ1) is 25.6. The summed E-state index contributed by atoms with van der Waals surface area (Å²) in [5, 5.41) is 17.4. The van der Waals surface area contributed by atoms with Crippen molar-refractivity contribution in [2.75, 3.05) is 23.3 Å². The molecular formula is C29H25Cl2N5O3. The van der Waals surface area contributed by atoms with Gasteiger partial charge in [-0.1, -0.05) is 29.3 Å². The molecule has 0 atom stereocenters. The first-order valence-electron chi connectivity index (χ1n) is 12.7. The molecule has 3 N–H and O–H groups in total. The van der Waals surface area contributed by atoms with Crippen molar-refractivity contribution in [1.29, 1.82) is 0 Å². The van der Waals surface area contributed by atoms with Crippen LogP contribution in [0.15, 0.2) is 60.7 Å². The molecule has 10 heteroatoms. The predicted molar refractivity (Wildman–Crippen MR) is 152 cm³/mol. The van der Waals surface area contributed by atoms with Crippen LogP contribution in [0.2, 0.25) is 10.0 Å². The minimum absolute atomic E-state index is 0.179. The molecule has 2 amide bonds. The highest BCUT2D eigenvalue weighted by molar-refractivity contribution is 6.34. The van der Waals surface area contributed by atoms with Gasteiger partial charge in [0.25, 0.3) is 11.8 Å². The zero-order valence-electron chi connectivity index (χ0n) is 20.9. The van der Waals surface area contributed by atoms with Gasteiger partial charge in [-0.25, -0.2) is 9.97 Å². The molecule has 0 unspecified atom stereocenters. The molecule has 1 saturated carbocycles. The number of benzene rings is 3. The minimum atomic E-state index is -1.25. The first-order valence-corrected chi connectivity index (χ1v) is 13.5. The van der Waals surface area contributed by atoms with E-state index in [0.29, 0.717) is 40.5 Å². The van der Waals surface area contributed by atoms with E-state index in [-0.39, 0.29) is 23.0 Å². The zero-order valence-corrected chi connectivity index (χ0v) is 22.4. The van der Waals surface area contributed by atoms with Crippen LogP contribution in [0.1, 0.15) is 35.2 Å². The molecule has 3 aromatic carbocycles. The molecule has 39 heavy (non-hydrogen) atoms. The average molecular weight is 562 g/mol. The van der Waals surface area contributed by atoms with Crippen LogP contribution in [0.5, 0.6) is 0 Å². The molecule has 8 nitrogen and oxygen atoms in total. The van der Waals surface area contributed by atoms with E-state index in [0.717, 1.165) is 36.3 Å². The van der Waals surface area contributed by atoms with Crippen molar-refractivity contribution < 1.29 is 14.7 Å². The van der Waals surface area contributed by atoms with Crippen LogP contribution in [0, 0.1) is 0 Å². The maximum atomic E-state index is 13.2. The molecule has 4 aromatic rings. The SMILES string of the molecule is O=C(Nc1ccc2c(N3CCC3)nc(-c3ccc(Cl)cc3)nc2c1)c1cc(CNC(=O)C2(O)CC2)ccc1Cl. The van der Waals surface area contributed by atoms with Gasteiger partial charge in [-0.05, 0) is 79.4 Å². The third kappa shape index (κ3) is 5.28. The zero-order chi connectivity index (χ0) is 27.1. The summed E-state index contributed by atoms with van der Waals surface area (Å²) in [6.07, 6.45) is 2.04. The van der Waals surface area contributed by atoms with E-state index >= 15 is 0 Å². The molecule has 198 valence electrons. The van der Waals surface area contributed by atoms with E-state index < -0.39 is 11.5 Å². The number of fused-ring (bicyclic) bond motifs is 1. The van der Waals surface area contributed by atoms with E-state index in [4.69, 9.17) is 33.2 Å². The molecule has 2 fully saturated rings. The predicted octanol–water partition coefficient (Wildman–Crippen LogP) is 5.21. The maximum Gasteiger partial charge on any atom is 0.257 e. The fraction of sp³-hybridized carbons (Fsp3) is 0.241. The van der Waals surface area contributed by atoms with Crippen molar-refractivity contribution in [3.8, 4) is 11.4 Å². The van der Waals surface area contributed by atoms with Crippen LogP contribution in [0.4, 0.5) is 11.5 Å². The Hall–Kier alpha value is -3.72. The number of hydrogen-bond acceptors (Lipinski definition) is 6. The Bertz CT molecular complexity index is 1600. The molecule has 1 saturated heterocycles. The molecule has 0 spiro atoms. The summed E-state index contributed by atoms with van der Waals surface area (Å²) in [6, 6.07) is 17.9. The Kier molecular flexibility index (Phi) is 6.62. The lowest BCUT2D eigenvalue weighted by Gasteiger charge is -2.33. The maximum absolute atomic E-state index is 13.2. The molecule has 0 radical (unpaired) electrons. The fourth-order valence-corrected chi connectivity index (χ4v) is 4.76. The number of hydrogen-bond donors (Lipinski definition) is 3. The average Bonchev–Trinajstić information content (AvgIpc) is 3.65. The lowest BCUT2D eigenvalue weighted by molar-refractivity contribution is -0.131. The topological polar surface area (TPSA) is 107 Å². The molecule has 6 rings (SSSR count). The summed E-state index contributed by atoms with van der Waals surface area (Å²) < 4.78 is 0. The molecule has 2 aliphatic rings. The Labute approximate surface area is 235 Å². The summed E-state index contributed by atoms with van der Waals surface area (Å²) in [4.78, 5) is 37.1. The Morgan fingerprint density at radius 2 is 1.74 bits per heavy atom. The van der Waals surface area contributed by atoms with E-state index in [1.165, 1.54) is 0 Å². The first-order chi connectivity index (χ1) is 18.8. The summed E-state index contributed by atoms with van der Waals surface area (Å²) in [5.41, 5.74) is 1.83. The highest BCUT2D eigenvalue weighted by Gasteiger charge is 2.47. The quantitative estimate of drug-likeness (QED) is 0.286. The number of amides is 2. The van der Waals surface area contributed by atoms with Gasteiger partial charge in [-0.2, -0.15) is 0 Å². The van der Waals surface area contributed by atoms with Gasteiger partial charge in [0.05, 0.1) is 16.1 Å². The highest BCUT2D eigenvalue weighted by atomic mass is 35.5. The second-order valence-corrected chi connectivity index (χ2v) is 10.8. The van der Waals surface area contributed by atoms with Gasteiger partial charge in [0, 0.05) is 41.3 Å². The van der Waals surface area contributed by atoms with Crippen molar-refractivity contribution in [3.05, 3.63) is 81.8 Å². The van der Waals surface area contributed by atoms with Gasteiger partial charge < -0.3 is 20.6 Å². The summed E-state index contributed by atoms with van der Waals surface area (Å²) in [6.45, 7) is 2.04. The second kappa shape index (κ2) is 10.1. The molecular weight excluding hydrogens is 537 g/mol. The molecule has 1 aliphatic heterocycles. The smallest absolute Gasteiger partial charge is 0.257 e. The van der Waals surface area contributed by atoms with Crippen LogP contribution in [-0.2, 0) is 11.3 Å². The van der Waals surface area contributed by atoms with Gasteiger partial charge in [-0.15, -0.1) is 0 Å². The van der Waals surface area contributed by atoms with Crippen molar-refractivity contribution in [1.82, 2.24) is 15.3 Å². The highest BCUT2D eigenvalue weighted by Crippen LogP contribution is 2.35. The Balaban J connectivity index is 1.26. The summed E-state index contributed by atoms with van der Waals surface area (Å²) in [7, 11) is 0. The van der Waals surface area contributed by atoms with E-state index in [1.807, 2.05) is 42.5 Å². The number of anilines is 2. The van der Waals surface area contributed by atoms with Crippen LogP contribution in [-0.4, -0.2) is 45.6 Å². The lowest BCUT2D eigenvalue weighted by Crippen LogP contribution is -2.37. The number of nitrogens with zero attached hydrogens (tertiary/aromatic N) is 3. The molecule has 1 aliphatic carbocycles. The largest absolute Gasteiger partial charge is 0.380 e. The Morgan fingerprint density at radius 1 is 0.974 bits per heavy atom. The van der Waals surface area contributed by atoms with Crippen molar-refractivity contribution in [2.24, 2.45) is 0 Å². The number of aliphatic hydroxyl groups is 1. The second-order valence-electron chi connectivity index (χ2n) is 9.93. The van der Waals surface area contributed by atoms with Crippen LogP contribution >= 0.6 is 23.2 Å². The van der Waals surface area contributed by atoms with Crippen LogP contribution in [0.25, 0.3) is 22.3 Å². The van der Waals surface area contributed by atoms with E-state index in [9.17, 15) is 14.7 Å². The number of aromatic nitrogens is 2. The van der Waals surface area contributed by atoms with Gasteiger partial charge in [0.2, 0.25) is 0 Å². The van der Waals surface area contributed by atoms with Gasteiger partial charge in [-0.3, -0.25) is 9.59 Å². The van der Waals surface area contributed by atoms with E-state index in [1.54, 1.807) is 18.2 Å². The number of rotatable bonds is 7. The lowest BCUT2D eigenvalue weighted by atomic mass is 10.1. The van der Waals surface area contributed by atoms with E-state index in [2.05, 4.69) is 15.5 Å². The summed E-state index contributed by atoms with van der Waals surface area (Å²) >= 11 is 12.4. The number of nitrogens with one attached hydrogen (secondary N) is 2. The van der Waals surface area contributed by atoms with Crippen molar-refractivity contribution in [3.63, 3.8) is 0 Å².